The number of nitrogens with zero attached hydrogens (tertiary/aromatic N) is 3. The summed E-state index contributed by atoms with van der Waals surface area (Å²) in [4.78, 5) is 18.7. The number of ether oxygens (including phenoxy) is 2. The number of methoxy groups -OCH3 is 2. The summed E-state index contributed by atoms with van der Waals surface area (Å²) in [5.74, 6) is 2.33. The smallest absolute Gasteiger partial charge is 0.232 e. The van der Waals surface area contributed by atoms with Crippen molar-refractivity contribution in [3.63, 3.8) is 0 Å². The van der Waals surface area contributed by atoms with Crippen LogP contribution in [0.3, 0.4) is 0 Å². The average Bonchev–Trinajstić information content (AvgIpc) is 3.20. The minimum atomic E-state index is -0.190. The van der Waals surface area contributed by atoms with E-state index in [-0.39, 0.29) is 17.2 Å². The summed E-state index contributed by atoms with van der Waals surface area (Å²) in [6.07, 6.45) is 0.339. The normalized spacial score (nSPS) is 17.9. The first-order chi connectivity index (χ1) is 11.8. The number of rotatable bonds is 4. The lowest BCUT2D eigenvalue weighted by atomic mass is 9.96. The molecule has 1 unspecified atom stereocenters. The van der Waals surface area contributed by atoms with Crippen molar-refractivity contribution in [3.8, 4) is 11.5 Å². The molecule has 3 rings (SSSR count). The maximum atomic E-state index is 12.5. The third-order valence-electron chi connectivity index (χ3n) is 4.23. The zero-order valence-corrected chi connectivity index (χ0v) is 15.2. The first kappa shape index (κ1) is 17.3. The number of amides is 1. The Kier molecular flexibility index (Phi) is 4.41. The molecule has 0 saturated carbocycles. The molecule has 1 saturated heterocycles. The van der Waals surface area contributed by atoms with Gasteiger partial charge in [0.2, 0.25) is 11.8 Å². The number of carbonyl (C=O) groups excluding carboxylic acids is 1. The van der Waals surface area contributed by atoms with E-state index in [1.165, 1.54) is 0 Å². The number of anilines is 1. The Morgan fingerprint density at radius 1 is 1.16 bits per heavy atom. The van der Waals surface area contributed by atoms with Crippen LogP contribution < -0.4 is 14.4 Å². The summed E-state index contributed by atoms with van der Waals surface area (Å²) in [7, 11) is 3.17. The van der Waals surface area contributed by atoms with E-state index in [2.05, 4.69) is 10.1 Å². The van der Waals surface area contributed by atoms with Crippen LogP contribution in [0.25, 0.3) is 0 Å². The molecule has 2 heterocycles. The zero-order chi connectivity index (χ0) is 18.2. The summed E-state index contributed by atoms with van der Waals surface area (Å²) >= 11 is 0. The van der Waals surface area contributed by atoms with Crippen molar-refractivity contribution in [2.24, 2.45) is 0 Å². The monoisotopic (exact) mass is 345 g/mol. The van der Waals surface area contributed by atoms with Crippen LogP contribution in [0.4, 0.5) is 5.69 Å². The Morgan fingerprint density at radius 3 is 2.32 bits per heavy atom. The highest BCUT2D eigenvalue weighted by molar-refractivity contribution is 5.96. The zero-order valence-electron chi connectivity index (χ0n) is 15.2. The van der Waals surface area contributed by atoms with Gasteiger partial charge in [-0.1, -0.05) is 25.9 Å². The van der Waals surface area contributed by atoms with E-state index in [1.807, 2.05) is 32.9 Å². The van der Waals surface area contributed by atoms with Gasteiger partial charge in [0.15, 0.2) is 5.82 Å². The lowest BCUT2D eigenvalue weighted by molar-refractivity contribution is -0.117. The van der Waals surface area contributed by atoms with Crippen molar-refractivity contribution in [3.05, 3.63) is 29.9 Å². The highest BCUT2D eigenvalue weighted by Crippen LogP contribution is 2.35. The number of carbonyl (C=O) groups is 1. The van der Waals surface area contributed by atoms with Gasteiger partial charge in [-0.3, -0.25) is 4.79 Å². The van der Waals surface area contributed by atoms with Crippen molar-refractivity contribution in [1.82, 2.24) is 10.1 Å². The Labute approximate surface area is 146 Å². The van der Waals surface area contributed by atoms with E-state index in [1.54, 1.807) is 25.2 Å². The highest BCUT2D eigenvalue weighted by atomic mass is 16.5. The fourth-order valence-electron chi connectivity index (χ4n) is 2.78. The van der Waals surface area contributed by atoms with Gasteiger partial charge in [-0.05, 0) is 0 Å². The van der Waals surface area contributed by atoms with E-state index in [0.29, 0.717) is 36.2 Å². The fourth-order valence-corrected chi connectivity index (χ4v) is 2.78. The maximum Gasteiger partial charge on any atom is 0.232 e. The summed E-state index contributed by atoms with van der Waals surface area (Å²) < 4.78 is 16.0. The van der Waals surface area contributed by atoms with Gasteiger partial charge in [-0.2, -0.15) is 4.98 Å². The first-order valence-electron chi connectivity index (χ1n) is 8.19. The lowest BCUT2D eigenvalue weighted by Crippen LogP contribution is -2.24. The van der Waals surface area contributed by atoms with Crippen molar-refractivity contribution < 1.29 is 18.8 Å². The van der Waals surface area contributed by atoms with Crippen LogP contribution in [-0.4, -0.2) is 36.8 Å². The van der Waals surface area contributed by atoms with E-state index < -0.39 is 0 Å². The Balaban J connectivity index is 1.84. The molecular formula is C18H23N3O4. The van der Waals surface area contributed by atoms with Crippen LogP contribution in [0.15, 0.2) is 22.7 Å². The molecule has 1 atom stereocenters. The summed E-state index contributed by atoms with van der Waals surface area (Å²) in [5.41, 5.74) is 0.545. The van der Waals surface area contributed by atoms with Gasteiger partial charge in [0.25, 0.3) is 0 Å². The molecule has 1 aromatic carbocycles. The van der Waals surface area contributed by atoms with Crippen molar-refractivity contribution in [2.45, 2.75) is 38.5 Å². The molecule has 0 bridgehead atoms. The largest absolute Gasteiger partial charge is 0.497 e. The molecule has 1 amide bonds. The van der Waals surface area contributed by atoms with Gasteiger partial charge in [0.1, 0.15) is 11.5 Å². The van der Waals surface area contributed by atoms with Crippen LogP contribution in [0, 0.1) is 0 Å². The standard InChI is InChI=1S/C18H23N3O4/c1-18(2,3)17-19-16(25-20-17)11-6-15(22)21(10-11)12-7-13(23-4)9-14(8-12)24-5/h7-9,11H,6,10H2,1-5H3. The van der Waals surface area contributed by atoms with Crippen molar-refractivity contribution in [1.29, 1.82) is 0 Å². The molecule has 1 fully saturated rings. The summed E-state index contributed by atoms with van der Waals surface area (Å²) in [5, 5.41) is 4.05. The average molecular weight is 345 g/mol. The molecule has 1 aliphatic rings. The summed E-state index contributed by atoms with van der Waals surface area (Å²) in [6.45, 7) is 6.56. The number of hydrogen-bond donors (Lipinski definition) is 0. The number of aromatic nitrogens is 2. The van der Waals surface area contributed by atoms with Gasteiger partial charge < -0.3 is 18.9 Å². The van der Waals surface area contributed by atoms with Crippen LogP contribution in [-0.2, 0) is 10.2 Å². The van der Waals surface area contributed by atoms with E-state index >= 15 is 0 Å². The third kappa shape index (κ3) is 3.45. The minimum absolute atomic E-state index is 0.0100. The van der Waals surface area contributed by atoms with E-state index in [4.69, 9.17) is 14.0 Å². The highest BCUT2D eigenvalue weighted by Gasteiger charge is 2.36. The second-order valence-corrected chi connectivity index (χ2v) is 7.18. The van der Waals surface area contributed by atoms with Crippen LogP contribution in [0.1, 0.15) is 44.8 Å². The predicted molar refractivity (Wildman–Crippen MR) is 92.3 cm³/mol. The molecule has 0 radical (unpaired) electrons. The predicted octanol–water partition coefficient (Wildman–Crippen LogP) is 2.90. The third-order valence-corrected chi connectivity index (χ3v) is 4.23. The molecule has 0 aliphatic carbocycles. The lowest BCUT2D eigenvalue weighted by Gasteiger charge is -2.18. The molecule has 134 valence electrons. The fraction of sp³-hybridized carbons (Fsp3) is 0.500. The molecule has 0 N–H and O–H groups in total. The van der Waals surface area contributed by atoms with Gasteiger partial charge in [0, 0.05) is 36.6 Å². The van der Waals surface area contributed by atoms with Gasteiger partial charge in [-0.15, -0.1) is 0 Å². The van der Waals surface area contributed by atoms with Gasteiger partial charge >= 0.3 is 0 Å². The number of hydrogen-bond acceptors (Lipinski definition) is 6. The Bertz CT molecular complexity index is 757. The molecule has 2 aromatic rings. The van der Waals surface area contributed by atoms with Gasteiger partial charge in [-0.25, -0.2) is 0 Å². The minimum Gasteiger partial charge on any atom is -0.497 e. The van der Waals surface area contributed by atoms with Crippen molar-refractivity contribution in [2.75, 3.05) is 25.7 Å². The Hall–Kier alpha value is -2.57. The Morgan fingerprint density at radius 2 is 1.80 bits per heavy atom. The van der Waals surface area contributed by atoms with Crippen molar-refractivity contribution >= 4 is 11.6 Å². The van der Waals surface area contributed by atoms with Gasteiger partial charge in [0.05, 0.1) is 25.8 Å². The van der Waals surface area contributed by atoms with E-state index in [0.717, 1.165) is 5.69 Å². The van der Waals surface area contributed by atoms with Crippen LogP contribution in [0.2, 0.25) is 0 Å². The number of benzene rings is 1. The summed E-state index contributed by atoms with van der Waals surface area (Å²) in [6, 6.07) is 5.41. The molecule has 0 spiro atoms. The topological polar surface area (TPSA) is 77.7 Å². The van der Waals surface area contributed by atoms with Crippen LogP contribution in [0.5, 0.6) is 11.5 Å². The SMILES string of the molecule is COc1cc(OC)cc(N2CC(c3nc(C(C)(C)C)no3)CC2=O)c1. The maximum absolute atomic E-state index is 12.5. The van der Waals surface area contributed by atoms with E-state index in [9.17, 15) is 4.79 Å². The molecule has 1 aliphatic heterocycles. The quantitative estimate of drug-likeness (QED) is 0.848. The molecule has 25 heavy (non-hydrogen) atoms. The second kappa shape index (κ2) is 6.38. The first-order valence-corrected chi connectivity index (χ1v) is 8.19. The van der Waals surface area contributed by atoms with Crippen LogP contribution >= 0.6 is 0 Å². The second-order valence-electron chi connectivity index (χ2n) is 7.18. The molecular weight excluding hydrogens is 322 g/mol. The molecule has 1 aromatic heterocycles. The molecule has 7 nitrogen and oxygen atoms in total. The molecule has 7 heteroatoms.